The van der Waals surface area contributed by atoms with Crippen LogP contribution >= 0.6 is 24.0 Å². The zero-order valence-electron chi connectivity index (χ0n) is 10.6. The van der Waals surface area contributed by atoms with E-state index in [-0.39, 0.29) is 5.91 Å². The van der Waals surface area contributed by atoms with E-state index in [9.17, 15) is 4.79 Å². The van der Waals surface area contributed by atoms with Crippen molar-refractivity contribution in [2.24, 2.45) is 0 Å². The number of fused-ring (bicyclic) bond motifs is 1. The fourth-order valence-electron chi connectivity index (χ4n) is 1.96. The molecule has 0 radical (unpaired) electrons. The van der Waals surface area contributed by atoms with Gasteiger partial charge in [-0.05, 0) is 29.9 Å². The van der Waals surface area contributed by atoms with Gasteiger partial charge in [0, 0.05) is 11.6 Å². The van der Waals surface area contributed by atoms with Gasteiger partial charge in [0.1, 0.15) is 22.4 Å². The summed E-state index contributed by atoms with van der Waals surface area (Å²) < 4.78 is 11.3. The van der Waals surface area contributed by atoms with Gasteiger partial charge in [-0.15, -0.1) is 0 Å². The van der Waals surface area contributed by atoms with Gasteiger partial charge in [0.2, 0.25) is 0 Å². The van der Waals surface area contributed by atoms with Crippen LogP contribution in [0.1, 0.15) is 5.56 Å². The Kier molecular flexibility index (Phi) is 3.50. The highest BCUT2D eigenvalue weighted by molar-refractivity contribution is 8.26. The van der Waals surface area contributed by atoms with Crippen molar-refractivity contribution in [2.75, 3.05) is 13.7 Å². The predicted molar refractivity (Wildman–Crippen MR) is 82.9 cm³/mol. The molecule has 102 valence electrons. The topological polar surface area (TPSA) is 47.6 Å². The summed E-state index contributed by atoms with van der Waals surface area (Å²) >= 11 is 6.23. The molecule has 2 heterocycles. The highest BCUT2D eigenvalue weighted by atomic mass is 32.2. The molecule has 4 nitrogen and oxygen atoms in total. The lowest BCUT2D eigenvalue weighted by molar-refractivity contribution is -0.115. The first-order chi connectivity index (χ1) is 9.65. The number of methoxy groups -OCH3 is 1. The summed E-state index contributed by atoms with van der Waals surface area (Å²) in [6.07, 6.45) is 3.81. The Morgan fingerprint density at radius 3 is 3.05 bits per heavy atom. The van der Waals surface area contributed by atoms with E-state index in [0.717, 1.165) is 22.6 Å². The van der Waals surface area contributed by atoms with Crippen molar-refractivity contribution >= 4 is 40.3 Å². The fraction of sp³-hybridized carbons (Fsp3) is 0.143. The van der Waals surface area contributed by atoms with E-state index in [0.29, 0.717) is 15.8 Å². The SMILES string of the molecule is COc1ccc2c(c1)OCC(C=C1SC(=S)NC1=O)=C2. The zero-order valence-corrected chi connectivity index (χ0v) is 12.3. The number of thiocarbonyl (C=S) groups is 1. The van der Waals surface area contributed by atoms with Crippen molar-refractivity contribution in [3.63, 3.8) is 0 Å². The molecular weight excluding hydrogens is 294 g/mol. The molecule has 2 aliphatic heterocycles. The molecule has 0 atom stereocenters. The van der Waals surface area contributed by atoms with Crippen molar-refractivity contribution in [3.8, 4) is 11.5 Å². The number of carbonyl (C=O) groups is 1. The van der Waals surface area contributed by atoms with Crippen molar-refractivity contribution in [1.29, 1.82) is 0 Å². The molecule has 1 saturated heterocycles. The van der Waals surface area contributed by atoms with Crippen LogP contribution < -0.4 is 14.8 Å². The van der Waals surface area contributed by atoms with Gasteiger partial charge in [0.25, 0.3) is 5.91 Å². The Balaban J connectivity index is 1.89. The van der Waals surface area contributed by atoms with Crippen LogP contribution in [0.25, 0.3) is 6.08 Å². The number of hydrogen-bond acceptors (Lipinski definition) is 5. The maximum absolute atomic E-state index is 11.6. The van der Waals surface area contributed by atoms with Crippen molar-refractivity contribution < 1.29 is 14.3 Å². The lowest BCUT2D eigenvalue weighted by atomic mass is 10.1. The summed E-state index contributed by atoms with van der Waals surface area (Å²) in [7, 11) is 1.62. The molecule has 20 heavy (non-hydrogen) atoms. The molecule has 2 aliphatic rings. The average Bonchev–Trinajstić information content (AvgIpc) is 2.76. The van der Waals surface area contributed by atoms with Gasteiger partial charge in [0.15, 0.2) is 0 Å². The normalized spacial score (nSPS) is 19.2. The number of carbonyl (C=O) groups excluding carboxylic acids is 1. The van der Waals surface area contributed by atoms with Crippen LogP contribution in [-0.4, -0.2) is 23.9 Å². The minimum Gasteiger partial charge on any atom is -0.497 e. The van der Waals surface area contributed by atoms with Gasteiger partial charge in [-0.3, -0.25) is 4.79 Å². The first-order valence-electron chi connectivity index (χ1n) is 5.92. The highest BCUT2D eigenvalue weighted by Gasteiger charge is 2.23. The Labute approximate surface area is 125 Å². The summed E-state index contributed by atoms with van der Waals surface area (Å²) in [4.78, 5) is 12.2. The van der Waals surface area contributed by atoms with E-state index >= 15 is 0 Å². The zero-order chi connectivity index (χ0) is 14.1. The summed E-state index contributed by atoms with van der Waals surface area (Å²) in [5, 5.41) is 2.59. The summed E-state index contributed by atoms with van der Waals surface area (Å²) in [6.45, 7) is 0.421. The lowest BCUT2D eigenvalue weighted by Crippen LogP contribution is -2.18. The maximum Gasteiger partial charge on any atom is 0.263 e. The monoisotopic (exact) mass is 305 g/mol. The van der Waals surface area contributed by atoms with E-state index in [1.54, 1.807) is 7.11 Å². The molecule has 0 bridgehead atoms. The molecule has 6 heteroatoms. The molecule has 0 unspecified atom stereocenters. The number of benzene rings is 1. The standard InChI is InChI=1S/C14H11NO3S2/c1-17-10-3-2-9-4-8(7-18-11(9)6-10)5-12-13(16)15-14(19)20-12/h2-6H,7H2,1H3,(H,15,16,19). The van der Waals surface area contributed by atoms with Crippen LogP contribution in [0.5, 0.6) is 11.5 Å². The second-order valence-corrected chi connectivity index (χ2v) is 5.98. The quantitative estimate of drug-likeness (QED) is 0.672. The third-order valence-electron chi connectivity index (χ3n) is 2.91. The van der Waals surface area contributed by atoms with E-state index in [4.69, 9.17) is 21.7 Å². The number of hydrogen-bond donors (Lipinski definition) is 1. The molecule has 1 N–H and O–H groups in total. The third kappa shape index (κ3) is 2.57. The van der Waals surface area contributed by atoms with Gasteiger partial charge in [-0.1, -0.05) is 24.0 Å². The number of amides is 1. The molecule has 0 aromatic heterocycles. The first kappa shape index (κ1) is 13.2. The van der Waals surface area contributed by atoms with Gasteiger partial charge >= 0.3 is 0 Å². The first-order valence-corrected chi connectivity index (χ1v) is 7.14. The molecule has 1 amide bonds. The maximum atomic E-state index is 11.6. The molecule has 0 spiro atoms. The van der Waals surface area contributed by atoms with Gasteiger partial charge in [-0.2, -0.15) is 0 Å². The average molecular weight is 305 g/mol. The Bertz CT molecular complexity index is 664. The minimum atomic E-state index is -0.151. The van der Waals surface area contributed by atoms with E-state index in [1.165, 1.54) is 11.8 Å². The smallest absolute Gasteiger partial charge is 0.263 e. The van der Waals surface area contributed by atoms with E-state index in [2.05, 4.69) is 5.32 Å². The van der Waals surface area contributed by atoms with Crippen molar-refractivity contribution in [3.05, 3.63) is 40.3 Å². The fourth-order valence-corrected chi connectivity index (χ4v) is 3.02. The number of ether oxygens (including phenoxy) is 2. The van der Waals surface area contributed by atoms with Crippen molar-refractivity contribution in [1.82, 2.24) is 5.32 Å². The summed E-state index contributed by atoms with van der Waals surface area (Å²) in [5.74, 6) is 1.39. The predicted octanol–water partition coefficient (Wildman–Crippen LogP) is 2.50. The Hall–Kier alpha value is -1.79. The van der Waals surface area contributed by atoms with Crippen LogP contribution in [0.4, 0.5) is 0 Å². The second-order valence-electron chi connectivity index (χ2n) is 4.26. The van der Waals surface area contributed by atoms with E-state index in [1.807, 2.05) is 30.4 Å². The molecule has 0 saturated carbocycles. The van der Waals surface area contributed by atoms with Gasteiger partial charge in [0.05, 0.1) is 12.0 Å². The molecule has 3 rings (SSSR count). The number of rotatable bonds is 2. The van der Waals surface area contributed by atoms with Crippen LogP contribution in [0, 0.1) is 0 Å². The van der Waals surface area contributed by atoms with Crippen LogP contribution in [0.15, 0.2) is 34.8 Å². The summed E-state index contributed by atoms with van der Waals surface area (Å²) in [6, 6.07) is 5.65. The number of thioether (sulfide) groups is 1. The van der Waals surface area contributed by atoms with E-state index < -0.39 is 0 Å². The Morgan fingerprint density at radius 2 is 2.35 bits per heavy atom. The second kappa shape index (κ2) is 5.30. The molecule has 0 aliphatic carbocycles. The van der Waals surface area contributed by atoms with Gasteiger partial charge < -0.3 is 14.8 Å². The largest absolute Gasteiger partial charge is 0.497 e. The molecule has 1 fully saturated rings. The lowest BCUT2D eigenvalue weighted by Gasteiger charge is -2.17. The van der Waals surface area contributed by atoms with Crippen LogP contribution in [0.2, 0.25) is 0 Å². The van der Waals surface area contributed by atoms with Crippen LogP contribution in [0.3, 0.4) is 0 Å². The van der Waals surface area contributed by atoms with Gasteiger partial charge in [-0.25, -0.2) is 0 Å². The molecule has 1 aromatic rings. The minimum absolute atomic E-state index is 0.151. The van der Waals surface area contributed by atoms with Crippen LogP contribution in [-0.2, 0) is 4.79 Å². The summed E-state index contributed by atoms with van der Waals surface area (Å²) in [5.41, 5.74) is 1.90. The molecule has 1 aromatic carbocycles. The van der Waals surface area contributed by atoms with Crippen molar-refractivity contribution in [2.45, 2.75) is 0 Å². The Morgan fingerprint density at radius 1 is 1.50 bits per heavy atom. The highest BCUT2D eigenvalue weighted by Crippen LogP contribution is 2.32. The number of nitrogens with one attached hydrogen (secondary N) is 1. The third-order valence-corrected chi connectivity index (χ3v) is 4.08. The molecular formula is C14H11NO3S2.